The Kier molecular flexibility index (Phi) is 3.88. The van der Waals surface area contributed by atoms with Gasteiger partial charge >= 0.3 is 0 Å². The molecule has 1 aliphatic heterocycles. The van der Waals surface area contributed by atoms with Crippen LogP contribution in [0.25, 0.3) is 10.8 Å². The van der Waals surface area contributed by atoms with Gasteiger partial charge in [0.05, 0.1) is 18.6 Å². The second-order valence-electron chi connectivity index (χ2n) is 5.70. The number of benzene rings is 1. The highest BCUT2D eigenvalue weighted by molar-refractivity contribution is 5.92. The molecule has 122 valence electrons. The molecule has 4 rings (SSSR count). The topological polar surface area (TPSA) is 70.2 Å². The van der Waals surface area contributed by atoms with E-state index in [1.165, 1.54) is 5.69 Å². The normalized spacial score (nSPS) is 14.8. The maximum atomic E-state index is 12.1. The highest BCUT2D eigenvalue weighted by Gasteiger charge is 2.11. The quantitative estimate of drug-likeness (QED) is 0.775. The van der Waals surface area contributed by atoms with Crippen molar-refractivity contribution in [3.05, 3.63) is 59.1 Å². The van der Waals surface area contributed by atoms with Crippen molar-refractivity contribution in [1.29, 1.82) is 0 Å². The van der Waals surface area contributed by atoms with E-state index in [4.69, 9.17) is 4.74 Å². The summed E-state index contributed by atoms with van der Waals surface area (Å²) in [5, 5.41) is 4.67. The van der Waals surface area contributed by atoms with Crippen LogP contribution in [0.3, 0.4) is 0 Å². The minimum Gasteiger partial charge on any atom is -0.378 e. The molecule has 1 saturated heterocycles. The number of nitrogens with zero attached hydrogens (tertiary/aromatic N) is 2. The Morgan fingerprint density at radius 1 is 1.08 bits per heavy atom. The fraction of sp³-hybridized carbons (Fsp3) is 0.222. The van der Waals surface area contributed by atoms with E-state index < -0.39 is 0 Å². The molecule has 2 N–H and O–H groups in total. The Hall–Kier alpha value is -2.86. The average Bonchev–Trinajstić information content (AvgIpc) is 2.63. The van der Waals surface area contributed by atoms with Crippen molar-refractivity contribution in [1.82, 2.24) is 9.97 Å². The van der Waals surface area contributed by atoms with Gasteiger partial charge < -0.3 is 19.9 Å². The van der Waals surface area contributed by atoms with Gasteiger partial charge in [-0.1, -0.05) is 0 Å². The molecule has 0 unspecified atom stereocenters. The molecule has 6 nitrogen and oxygen atoms in total. The molecule has 3 heterocycles. The van der Waals surface area contributed by atoms with Crippen LogP contribution in [0.1, 0.15) is 0 Å². The van der Waals surface area contributed by atoms with Crippen molar-refractivity contribution >= 4 is 28.0 Å². The predicted molar refractivity (Wildman–Crippen MR) is 95.1 cm³/mol. The summed E-state index contributed by atoms with van der Waals surface area (Å²) >= 11 is 0. The zero-order valence-corrected chi connectivity index (χ0v) is 13.2. The number of fused-ring (bicyclic) bond motifs is 1. The van der Waals surface area contributed by atoms with Gasteiger partial charge in [0.2, 0.25) is 0 Å². The minimum absolute atomic E-state index is 0.145. The molecule has 3 aromatic rings. The van der Waals surface area contributed by atoms with Gasteiger partial charge in [0, 0.05) is 36.9 Å². The van der Waals surface area contributed by atoms with E-state index in [2.05, 4.69) is 32.3 Å². The number of rotatable bonds is 3. The van der Waals surface area contributed by atoms with Crippen LogP contribution in [0, 0.1) is 0 Å². The summed E-state index contributed by atoms with van der Waals surface area (Å²) in [7, 11) is 0. The zero-order valence-electron chi connectivity index (χ0n) is 13.2. The maximum Gasteiger partial charge on any atom is 0.259 e. The molecule has 0 saturated carbocycles. The van der Waals surface area contributed by atoms with Crippen molar-refractivity contribution in [3.63, 3.8) is 0 Å². The van der Waals surface area contributed by atoms with Crippen molar-refractivity contribution in [2.45, 2.75) is 0 Å². The summed E-state index contributed by atoms with van der Waals surface area (Å²) in [6, 6.07) is 11.8. The van der Waals surface area contributed by atoms with E-state index in [1.54, 1.807) is 12.4 Å². The molecule has 0 amide bonds. The van der Waals surface area contributed by atoms with Crippen molar-refractivity contribution < 1.29 is 4.74 Å². The van der Waals surface area contributed by atoms with Crippen LogP contribution < -0.4 is 15.8 Å². The number of morpholine rings is 1. The van der Waals surface area contributed by atoms with E-state index in [9.17, 15) is 4.79 Å². The van der Waals surface area contributed by atoms with Gasteiger partial charge in [-0.15, -0.1) is 0 Å². The lowest BCUT2D eigenvalue weighted by Gasteiger charge is -2.28. The second-order valence-corrected chi connectivity index (χ2v) is 5.70. The van der Waals surface area contributed by atoms with Gasteiger partial charge in [-0.3, -0.25) is 4.79 Å². The van der Waals surface area contributed by atoms with Crippen LogP contribution in [-0.2, 0) is 4.74 Å². The number of pyridine rings is 2. The van der Waals surface area contributed by atoms with Crippen molar-refractivity contribution in [2.75, 3.05) is 36.5 Å². The highest BCUT2D eigenvalue weighted by atomic mass is 16.5. The molecule has 6 heteroatoms. The molecule has 1 aliphatic rings. The lowest BCUT2D eigenvalue weighted by Crippen LogP contribution is -2.36. The van der Waals surface area contributed by atoms with Gasteiger partial charge in [0.1, 0.15) is 5.82 Å². The van der Waals surface area contributed by atoms with Gasteiger partial charge in [-0.05, 0) is 41.8 Å². The first-order valence-electron chi connectivity index (χ1n) is 7.97. The second kappa shape index (κ2) is 6.33. The third kappa shape index (κ3) is 2.83. The zero-order chi connectivity index (χ0) is 16.4. The average molecular weight is 322 g/mol. The number of ether oxygens (including phenoxy) is 1. The summed E-state index contributed by atoms with van der Waals surface area (Å²) in [4.78, 5) is 21.4. The third-order valence-corrected chi connectivity index (χ3v) is 4.19. The lowest BCUT2D eigenvalue weighted by atomic mass is 10.2. The fourth-order valence-electron chi connectivity index (χ4n) is 2.94. The largest absolute Gasteiger partial charge is 0.378 e. The van der Waals surface area contributed by atoms with E-state index >= 15 is 0 Å². The van der Waals surface area contributed by atoms with Crippen LogP contribution in [0.4, 0.5) is 17.2 Å². The van der Waals surface area contributed by atoms with Crippen molar-refractivity contribution in [3.8, 4) is 0 Å². The number of aromatic amines is 1. The molecule has 2 aromatic heterocycles. The molecule has 0 spiro atoms. The summed E-state index contributed by atoms with van der Waals surface area (Å²) in [6.07, 6.45) is 3.35. The lowest BCUT2D eigenvalue weighted by molar-refractivity contribution is 0.122. The minimum atomic E-state index is -0.145. The molecule has 0 atom stereocenters. The summed E-state index contributed by atoms with van der Waals surface area (Å²) in [5.74, 6) is 0.563. The molecular formula is C18H18N4O2. The number of hydrogen-bond acceptors (Lipinski definition) is 5. The number of aromatic nitrogens is 2. The highest BCUT2D eigenvalue weighted by Crippen LogP contribution is 2.24. The molecular weight excluding hydrogens is 304 g/mol. The molecule has 24 heavy (non-hydrogen) atoms. The predicted octanol–water partition coefficient (Wildman–Crippen LogP) is 2.50. The SMILES string of the molecule is O=c1[nH]ccc2ccnc(Nc3ccc(N4CCOCC4)cc3)c12. The van der Waals surface area contributed by atoms with Crippen LogP contribution in [-0.4, -0.2) is 36.3 Å². The van der Waals surface area contributed by atoms with Gasteiger partial charge in [0.15, 0.2) is 0 Å². The number of anilines is 3. The van der Waals surface area contributed by atoms with Gasteiger partial charge in [-0.2, -0.15) is 0 Å². The monoisotopic (exact) mass is 322 g/mol. The number of H-pyrrole nitrogens is 1. The Labute approximate surface area is 139 Å². The first-order valence-corrected chi connectivity index (χ1v) is 7.97. The summed E-state index contributed by atoms with van der Waals surface area (Å²) in [6.45, 7) is 3.35. The van der Waals surface area contributed by atoms with E-state index in [1.807, 2.05) is 24.3 Å². The first-order chi connectivity index (χ1) is 11.8. The van der Waals surface area contributed by atoms with E-state index in [0.717, 1.165) is 37.4 Å². The standard InChI is InChI=1S/C18H18N4O2/c23-18-16-13(6-8-20-18)5-7-19-17(16)21-14-1-3-15(4-2-14)22-9-11-24-12-10-22/h1-8H,9-12H2,(H,19,21)(H,20,23). The summed E-state index contributed by atoms with van der Waals surface area (Å²) < 4.78 is 5.38. The van der Waals surface area contributed by atoms with Crippen LogP contribution in [0.2, 0.25) is 0 Å². The van der Waals surface area contributed by atoms with Crippen LogP contribution >= 0.6 is 0 Å². The Morgan fingerprint density at radius 3 is 2.67 bits per heavy atom. The smallest absolute Gasteiger partial charge is 0.259 e. The first kappa shape index (κ1) is 14.7. The molecule has 1 fully saturated rings. The maximum absolute atomic E-state index is 12.1. The Bertz CT molecular complexity index is 894. The molecule has 0 radical (unpaired) electrons. The fourth-order valence-corrected chi connectivity index (χ4v) is 2.94. The molecule has 1 aromatic carbocycles. The van der Waals surface area contributed by atoms with Crippen LogP contribution in [0.5, 0.6) is 0 Å². The van der Waals surface area contributed by atoms with Crippen molar-refractivity contribution in [2.24, 2.45) is 0 Å². The Balaban J connectivity index is 1.61. The number of nitrogens with one attached hydrogen (secondary N) is 2. The summed E-state index contributed by atoms with van der Waals surface area (Å²) in [5.41, 5.74) is 1.93. The molecule has 0 bridgehead atoms. The van der Waals surface area contributed by atoms with E-state index in [0.29, 0.717) is 11.2 Å². The van der Waals surface area contributed by atoms with Crippen LogP contribution in [0.15, 0.2) is 53.6 Å². The third-order valence-electron chi connectivity index (χ3n) is 4.19. The molecule has 0 aliphatic carbocycles. The van der Waals surface area contributed by atoms with Gasteiger partial charge in [-0.25, -0.2) is 4.98 Å². The van der Waals surface area contributed by atoms with E-state index in [-0.39, 0.29) is 5.56 Å². The Morgan fingerprint density at radius 2 is 1.88 bits per heavy atom. The number of hydrogen-bond donors (Lipinski definition) is 2. The van der Waals surface area contributed by atoms with Gasteiger partial charge in [0.25, 0.3) is 5.56 Å².